The number of hydrogen-bond acceptors (Lipinski definition) is 2. The highest BCUT2D eigenvalue weighted by Gasteiger charge is 2.03. The highest BCUT2D eigenvalue weighted by molar-refractivity contribution is 7.12. The Morgan fingerprint density at radius 3 is 2.80 bits per heavy atom. The number of rotatable bonds is 7. The first-order valence-corrected chi connectivity index (χ1v) is 6.54. The van der Waals surface area contributed by atoms with Gasteiger partial charge in [-0.1, -0.05) is 38.7 Å². The van der Waals surface area contributed by atoms with Gasteiger partial charge in [0, 0.05) is 6.54 Å². The summed E-state index contributed by atoms with van der Waals surface area (Å²) in [6.45, 7) is 3.01. The van der Waals surface area contributed by atoms with E-state index in [2.05, 4.69) is 12.2 Å². The highest BCUT2D eigenvalue weighted by atomic mass is 32.1. The fraction of sp³-hybridized carbons (Fsp3) is 0.583. The summed E-state index contributed by atoms with van der Waals surface area (Å²) in [6.07, 6.45) is 6.17. The van der Waals surface area contributed by atoms with Gasteiger partial charge in [0.1, 0.15) is 0 Å². The van der Waals surface area contributed by atoms with Crippen molar-refractivity contribution in [3.63, 3.8) is 0 Å². The Hall–Kier alpha value is -0.830. The summed E-state index contributed by atoms with van der Waals surface area (Å²) >= 11 is 1.49. The number of carbonyl (C=O) groups is 1. The smallest absolute Gasteiger partial charge is 0.261 e. The SMILES string of the molecule is CCCCCCCNC(=O)c1cccs1. The molecule has 1 N–H and O–H groups in total. The first-order valence-electron chi connectivity index (χ1n) is 5.66. The molecule has 0 fully saturated rings. The van der Waals surface area contributed by atoms with E-state index in [4.69, 9.17) is 0 Å². The molecule has 1 amide bonds. The lowest BCUT2D eigenvalue weighted by Crippen LogP contribution is -2.23. The van der Waals surface area contributed by atoms with Crippen LogP contribution in [-0.4, -0.2) is 12.5 Å². The van der Waals surface area contributed by atoms with Gasteiger partial charge in [-0.2, -0.15) is 0 Å². The van der Waals surface area contributed by atoms with Crippen molar-refractivity contribution in [3.05, 3.63) is 22.4 Å². The van der Waals surface area contributed by atoms with E-state index in [0.29, 0.717) is 0 Å². The number of unbranched alkanes of at least 4 members (excludes halogenated alkanes) is 4. The van der Waals surface area contributed by atoms with Crippen LogP contribution in [0.3, 0.4) is 0 Å². The number of amides is 1. The first kappa shape index (κ1) is 12.2. The average molecular weight is 225 g/mol. The van der Waals surface area contributed by atoms with Crippen LogP contribution in [0.2, 0.25) is 0 Å². The summed E-state index contributed by atoms with van der Waals surface area (Å²) in [6, 6.07) is 3.76. The van der Waals surface area contributed by atoms with Crippen LogP contribution in [-0.2, 0) is 0 Å². The molecule has 0 aliphatic rings. The number of thiophene rings is 1. The molecule has 0 aliphatic heterocycles. The molecular formula is C12H19NOS. The maximum atomic E-state index is 11.5. The molecular weight excluding hydrogens is 206 g/mol. The van der Waals surface area contributed by atoms with E-state index in [1.165, 1.54) is 37.0 Å². The minimum atomic E-state index is 0.0699. The van der Waals surface area contributed by atoms with Gasteiger partial charge in [0.2, 0.25) is 0 Å². The Morgan fingerprint density at radius 1 is 1.33 bits per heavy atom. The van der Waals surface area contributed by atoms with E-state index < -0.39 is 0 Å². The van der Waals surface area contributed by atoms with Crippen LogP contribution in [0.5, 0.6) is 0 Å². The Bertz CT molecular complexity index is 269. The lowest BCUT2D eigenvalue weighted by molar-refractivity contribution is 0.0957. The zero-order valence-electron chi connectivity index (χ0n) is 9.29. The van der Waals surface area contributed by atoms with Crippen molar-refractivity contribution in [1.29, 1.82) is 0 Å². The molecule has 3 heteroatoms. The summed E-state index contributed by atoms with van der Waals surface area (Å²) in [5.41, 5.74) is 0. The molecule has 0 aliphatic carbocycles. The van der Waals surface area contributed by atoms with Gasteiger partial charge < -0.3 is 5.32 Å². The summed E-state index contributed by atoms with van der Waals surface area (Å²) in [5.74, 6) is 0.0699. The number of hydrogen-bond donors (Lipinski definition) is 1. The van der Waals surface area contributed by atoms with Crippen molar-refractivity contribution >= 4 is 17.2 Å². The van der Waals surface area contributed by atoms with Gasteiger partial charge >= 0.3 is 0 Å². The monoisotopic (exact) mass is 225 g/mol. The standard InChI is InChI=1S/C12H19NOS/c1-2-3-4-5-6-9-13-12(14)11-8-7-10-15-11/h7-8,10H,2-6,9H2,1H3,(H,13,14). The molecule has 0 atom stereocenters. The van der Waals surface area contributed by atoms with Crippen LogP contribution >= 0.6 is 11.3 Å². The van der Waals surface area contributed by atoms with Crippen molar-refractivity contribution in [1.82, 2.24) is 5.32 Å². The lowest BCUT2D eigenvalue weighted by atomic mass is 10.1. The molecule has 0 spiro atoms. The largest absolute Gasteiger partial charge is 0.351 e. The van der Waals surface area contributed by atoms with Gasteiger partial charge in [-0.3, -0.25) is 4.79 Å². The van der Waals surface area contributed by atoms with Crippen molar-refractivity contribution in [2.75, 3.05) is 6.54 Å². The molecule has 1 aromatic rings. The Kier molecular flexibility index (Phi) is 6.09. The molecule has 15 heavy (non-hydrogen) atoms. The molecule has 1 aromatic heterocycles. The van der Waals surface area contributed by atoms with E-state index in [-0.39, 0.29) is 5.91 Å². The van der Waals surface area contributed by atoms with Crippen molar-refractivity contribution in [2.45, 2.75) is 39.0 Å². The normalized spacial score (nSPS) is 10.2. The average Bonchev–Trinajstić information content (AvgIpc) is 2.76. The lowest BCUT2D eigenvalue weighted by Gasteiger charge is -2.02. The maximum absolute atomic E-state index is 11.5. The van der Waals surface area contributed by atoms with Gasteiger partial charge in [-0.25, -0.2) is 0 Å². The van der Waals surface area contributed by atoms with Crippen molar-refractivity contribution < 1.29 is 4.79 Å². The third-order valence-corrected chi connectivity index (χ3v) is 3.18. The second-order valence-electron chi connectivity index (χ2n) is 3.65. The topological polar surface area (TPSA) is 29.1 Å². The number of carbonyl (C=O) groups excluding carboxylic acids is 1. The molecule has 1 heterocycles. The molecule has 0 aromatic carbocycles. The minimum absolute atomic E-state index is 0.0699. The van der Waals surface area contributed by atoms with Gasteiger partial charge in [-0.15, -0.1) is 11.3 Å². The fourth-order valence-electron chi connectivity index (χ4n) is 1.43. The molecule has 2 nitrogen and oxygen atoms in total. The van der Waals surface area contributed by atoms with Crippen molar-refractivity contribution in [2.24, 2.45) is 0 Å². The molecule has 0 saturated heterocycles. The third-order valence-electron chi connectivity index (χ3n) is 2.31. The second-order valence-corrected chi connectivity index (χ2v) is 4.60. The Balaban J connectivity index is 2.03. The predicted molar refractivity (Wildman–Crippen MR) is 65.4 cm³/mol. The van der Waals surface area contributed by atoms with Crippen molar-refractivity contribution in [3.8, 4) is 0 Å². The maximum Gasteiger partial charge on any atom is 0.261 e. The summed E-state index contributed by atoms with van der Waals surface area (Å²) in [7, 11) is 0. The summed E-state index contributed by atoms with van der Waals surface area (Å²) in [4.78, 5) is 12.3. The highest BCUT2D eigenvalue weighted by Crippen LogP contribution is 2.08. The van der Waals surface area contributed by atoms with Crippen LogP contribution in [0, 0.1) is 0 Å². The quantitative estimate of drug-likeness (QED) is 0.707. The fourth-order valence-corrected chi connectivity index (χ4v) is 2.07. The third kappa shape index (κ3) is 4.98. The van der Waals surface area contributed by atoms with Gasteiger partial charge in [0.15, 0.2) is 0 Å². The Morgan fingerprint density at radius 2 is 2.13 bits per heavy atom. The summed E-state index contributed by atoms with van der Waals surface area (Å²) in [5, 5.41) is 4.86. The van der Waals surface area contributed by atoms with Crippen LogP contribution in [0.4, 0.5) is 0 Å². The first-order chi connectivity index (χ1) is 7.34. The minimum Gasteiger partial charge on any atom is -0.351 e. The predicted octanol–water partition coefficient (Wildman–Crippen LogP) is 3.45. The molecule has 0 saturated carbocycles. The van der Waals surface area contributed by atoms with Gasteiger partial charge in [0.25, 0.3) is 5.91 Å². The molecule has 84 valence electrons. The molecule has 0 radical (unpaired) electrons. The van der Waals surface area contributed by atoms with E-state index >= 15 is 0 Å². The van der Waals surface area contributed by atoms with Crippen LogP contribution in [0.15, 0.2) is 17.5 Å². The van der Waals surface area contributed by atoms with Crippen LogP contribution in [0.25, 0.3) is 0 Å². The van der Waals surface area contributed by atoms with E-state index in [1.54, 1.807) is 0 Å². The van der Waals surface area contributed by atoms with Gasteiger partial charge in [0.05, 0.1) is 4.88 Å². The van der Waals surface area contributed by atoms with Crippen LogP contribution < -0.4 is 5.32 Å². The summed E-state index contributed by atoms with van der Waals surface area (Å²) < 4.78 is 0. The number of nitrogens with one attached hydrogen (secondary N) is 1. The van der Waals surface area contributed by atoms with Gasteiger partial charge in [-0.05, 0) is 17.9 Å². The molecule has 0 bridgehead atoms. The molecule has 0 unspecified atom stereocenters. The van der Waals surface area contributed by atoms with E-state index in [1.807, 2.05) is 17.5 Å². The van der Waals surface area contributed by atoms with E-state index in [9.17, 15) is 4.79 Å². The Labute approximate surface area is 95.7 Å². The zero-order chi connectivity index (χ0) is 10.9. The molecule has 1 rings (SSSR count). The van der Waals surface area contributed by atoms with E-state index in [0.717, 1.165) is 17.8 Å². The zero-order valence-corrected chi connectivity index (χ0v) is 10.1. The second kappa shape index (κ2) is 7.46. The van der Waals surface area contributed by atoms with Crippen LogP contribution in [0.1, 0.15) is 48.7 Å².